The molecule has 1 aliphatic carbocycles. The van der Waals surface area contributed by atoms with Crippen molar-refractivity contribution in [3.8, 4) is 0 Å². The summed E-state index contributed by atoms with van der Waals surface area (Å²) in [6, 6.07) is 0.231. The number of likely N-dealkylation sites (N-methyl/N-ethyl adjacent to an activating group) is 2. The van der Waals surface area contributed by atoms with Crippen molar-refractivity contribution in [2.24, 2.45) is 0 Å². The zero-order chi connectivity index (χ0) is 20.5. The Bertz CT molecular complexity index is 688. The van der Waals surface area contributed by atoms with Crippen molar-refractivity contribution in [2.45, 2.75) is 56.6 Å². The van der Waals surface area contributed by atoms with Crippen LogP contribution in [0.5, 0.6) is 0 Å². The smallest absolute Gasteiger partial charge is 0.313 e. The van der Waals surface area contributed by atoms with Crippen molar-refractivity contribution >= 4 is 29.5 Å². The summed E-state index contributed by atoms with van der Waals surface area (Å²) in [7, 11) is 3.13. The largest absolute Gasteiger partial charge is 0.466 e. The topological polar surface area (TPSA) is 106 Å². The molecule has 28 heavy (non-hydrogen) atoms. The Kier molecular flexibility index (Phi) is 8.75. The lowest BCUT2D eigenvalue weighted by Crippen LogP contribution is -2.37. The van der Waals surface area contributed by atoms with Gasteiger partial charge in [-0.3, -0.25) is 14.4 Å². The molecule has 1 fully saturated rings. The maximum atomic E-state index is 12.3. The van der Waals surface area contributed by atoms with Crippen LogP contribution < -0.4 is 5.32 Å². The number of aromatic nitrogens is 3. The Morgan fingerprint density at radius 1 is 1.25 bits per heavy atom. The van der Waals surface area contributed by atoms with Crippen molar-refractivity contribution in [1.29, 1.82) is 0 Å². The molecule has 1 N–H and O–H groups in total. The highest BCUT2D eigenvalue weighted by Crippen LogP contribution is 2.32. The first-order valence-electron chi connectivity index (χ1n) is 9.63. The number of nitrogens with one attached hydrogen (secondary N) is 1. The van der Waals surface area contributed by atoms with Crippen molar-refractivity contribution in [2.75, 3.05) is 33.0 Å². The van der Waals surface area contributed by atoms with Gasteiger partial charge in [0.05, 0.1) is 18.9 Å². The van der Waals surface area contributed by atoms with Gasteiger partial charge in [-0.25, -0.2) is 0 Å². The summed E-state index contributed by atoms with van der Waals surface area (Å²) in [5.74, 6) is 0.0168. The fraction of sp³-hybridized carbons (Fsp3) is 0.722. The monoisotopic (exact) mass is 411 g/mol. The molecule has 0 aliphatic heterocycles. The molecule has 9 nitrogen and oxygen atoms in total. The van der Waals surface area contributed by atoms with E-state index in [1.54, 1.807) is 14.0 Å². The van der Waals surface area contributed by atoms with Gasteiger partial charge in [0.1, 0.15) is 12.2 Å². The highest BCUT2D eigenvalue weighted by Gasteiger charge is 2.25. The molecule has 2 rings (SSSR count). The molecule has 0 unspecified atom stereocenters. The number of rotatable bonds is 9. The van der Waals surface area contributed by atoms with Gasteiger partial charge >= 0.3 is 5.97 Å². The number of thioether (sulfide) groups is 1. The van der Waals surface area contributed by atoms with Crippen LogP contribution in [0.3, 0.4) is 0 Å². The Labute approximate surface area is 169 Å². The molecule has 0 radical (unpaired) electrons. The van der Waals surface area contributed by atoms with E-state index in [4.69, 9.17) is 4.74 Å². The first kappa shape index (κ1) is 22.2. The predicted molar refractivity (Wildman–Crippen MR) is 105 cm³/mol. The van der Waals surface area contributed by atoms with Gasteiger partial charge in [0.25, 0.3) is 0 Å². The average Bonchev–Trinajstić information content (AvgIpc) is 3.08. The van der Waals surface area contributed by atoms with Crippen LogP contribution in [0, 0.1) is 0 Å². The summed E-state index contributed by atoms with van der Waals surface area (Å²) in [5.41, 5.74) is 0. The lowest BCUT2D eigenvalue weighted by atomic mass is 9.95. The predicted octanol–water partition coefficient (Wildman–Crippen LogP) is 1.19. The van der Waals surface area contributed by atoms with Crippen molar-refractivity contribution in [3.63, 3.8) is 0 Å². The van der Waals surface area contributed by atoms with Gasteiger partial charge < -0.3 is 19.5 Å². The second-order valence-corrected chi connectivity index (χ2v) is 7.70. The van der Waals surface area contributed by atoms with E-state index in [-0.39, 0.29) is 42.5 Å². The standard InChI is InChI=1S/C18H29N5O4S/c1-4-27-17(26)10-14-20-21-18(23(14)13-8-6-5-7-9-13)28-12-16(25)22(3)11-15(24)19-2/h13H,4-12H2,1-3H3,(H,19,24). The number of nitrogens with zero attached hydrogens (tertiary/aromatic N) is 4. The van der Waals surface area contributed by atoms with Gasteiger partial charge in [-0.1, -0.05) is 31.0 Å². The van der Waals surface area contributed by atoms with Crippen molar-refractivity contribution < 1.29 is 19.1 Å². The van der Waals surface area contributed by atoms with Gasteiger partial charge in [-0.2, -0.15) is 0 Å². The molecule has 1 aromatic rings. The summed E-state index contributed by atoms with van der Waals surface area (Å²) in [6.07, 6.45) is 5.54. The fourth-order valence-corrected chi connectivity index (χ4v) is 4.16. The third-order valence-corrected chi connectivity index (χ3v) is 5.62. The number of esters is 1. The Balaban J connectivity index is 2.09. The Morgan fingerprint density at radius 2 is 1.96 bits per heavy atom. The highest BCUT2D eigenvalue weighted by molar-refractivity contribution is 7.99. The number of carbonyl (C=O) groups excluding carboxylic acids is 3. The van der Waals surface area contributed by atoms with E-state index < -0.39 is 0 Å². The Morgan fingerprint density at radius 3 is 2.61 bits per heavy atom. The lowest BCUT2D eigenvalue weighted by molar-refractivity contribution is -0.142. The van der Waals surface area contributed by atoms with E-state index in [9.17, 15) is 14.4 Å². The first-order valence-corrected chi connectivity index (χ1v) is 10.6. The highest BCUT2D eigenvalue weighted by atomic mass is 32.2. The molecular formula is C18H29N5O4S. The molecule has 156 valence electrons. The van der Waals surface area contributed by atoms with Gasteiger partial charge in [0, 0.05) is 20.1 Å². The zero-order valence-electron chi connectivity index (χ0n) is 16.8. The van der Waals surface area contributed by atoms with E-state index in [2.05, 4.69) is 15.5 Å². The zero-order valence-corrected chi connectivity index (χ0v) is 17.6. The number of hydrogen-bond acceptors (Lipinski definition) is 7. The summed E-state index contributed by atoms with van der Waals surface area (Å²) >= 11 is 1.29. The van der Waals surface area contributed by atoms with Crippen LogP contribution in [-0.4, -0.2) is 70.4 Å². The van der Waals surface area contributed by atoms with Crippen LogP contribution in [0.2, 0.25) is 0 Å². The van der Waals surface area contributed by atoms with E-state index in [0.717, 1.165) is 25.7 Å². The second kappa shape index (κ2) is 11.0. The average molecular weight is 412 g/mol. The molecule has 1 aromatic heterocycles. The molecule has 0 aromatic carbocycles. The van der Waals surface area contributed by atoms with Crippen LogP contribution in [0.1, 0.15) is 50.9 Å². The maximum absolute atomic E-state index is 12.3. The summed E-state index contributed by atoms with van der Waals surface area (Å²) in [6.45, 7) is 2.11. The normalized spacial score (nSPS) is 14.5. The van der Waals surface area contributed by atoms with Crippen LogP contribution in [0.15, 0.2) is 5.16 Å². The summed E-state index contributed by atoms with van der Waals surface area (Å²) in [4.78, 5) is 37.1. The second-order valence-electron chi connectivity index (χ2n) is 6.75. The van der Waals surface area contributed by atoms with Crippen LogP contribution in [-0.2, 0) is 25.5 Å². The van der Waals surface area contributed by atoms with Gasteiger partial charge in [-0.05, 0) is 19.8 Å². The number of carbonyl (C=O) groups is 3. The number of ether oxygens (including phenoxy) is 1. The van der Waals surface area contributed by atoms with Gasteiger partial charge in [0.2, 0.25) is 11.8 Å². The van der Waals surface area contributed by atoms with Crippen LogP contribution in [0.25, 0.3) is 0 Å². The molecule has 0 atom stereocenters. The molecule has 0 bridgehead atoms. The van der Waals surface area contributed by atoms with E-state index in [1.807, 2.05) is 4.57 Å². The van der Waals surface area contributed by atoms with Gasteiger partial charge in [0.15, 0.2) is 5.16 Å². The minimum absolute atomic E-state index is 0.0132. The third kappa shape index (κ3) is 6.22. The van der Waals surface area contributed by atoms with Crippen LogP contribution in [0.4, 0.5) is 0 Å². The quantitative estimate of drug-likeness (QED) is 0.480. The SMILES string of the molecule is CCOC(=O)Cc1nnc(SCC(=O)N(C)CC(=O)NC)n1C1CCCCC1. The fourth-order valence-electron chi connectivity index (χ4n) is 3.19. The summed E-state index contributed by atoms with van der Waals surface area (Å²) < 4.78 is 7.06. The molecular weight excluding hydrogens is 382 g/mol. The minimum atomic E-state index is -0.329. The molecule has 10 heteroatoms. The van der Waals surface area contributed by atoms with E-state index >= 15 is 0 Å². The molecule has 1 heterocycles. The molecule has 1 saturated carbocycles. The van der Waals surface area contributed by atoms with Gasteiger partial charge in [-0.15, -0.1) is 10.2 Å². The first-order chi connectivity index (χ1) is 13.5. The maximum Gasteiger partial charge on any atom is 0.313 e. The Hall–Kier alpha value is -2.10. The third-order valence-electron chi connectivity index (χ3n) is 4.69. The number of hydrogen-bond donors (Lipinski definition) is 1. The summed E-state index contributed by atoms with van der Waals surface area (Å²) in [5, 5.41) is 11.6. The molecule has 2 amide bonds. The van der Waals surface area contributed by atoms with E-state index in [1.165, 1.54) is 30.1 Å². The van der Waals surface area contributed by atoms with Crippen molar-refractivity contribution in [3.05, 3.63) is 5.82 Å². The van der Waals surface area contributed by atoms with E-state index in [0.29, 0.717) is 17.6 Å². The molecule has 0 spiro atoms. The van der Waals surface area contributed by atoms with Crippen LogP contribution >= 0.6 is 11.8 Å². The molecule has 1 aliphatic rings. The lowest BCUT2D eigenvalue weighted by Gasteiger charge is -2.25. The minimum Gasteiger partial charge on any atom is -0.466 e. The number of amides is 2. The molecule has 0 saturated heterocycles. The van der Waals surface area contributed by atoms with Crippen molar-refractivity contribution in [1.82, 2.24) is 25.0 Å².